The van der Waals surface area contributed by atoms with Gasteiger partial charge in [-0.05, 0) is 36.2 Å². The van der Waals surface area contributed by atoms with Crippen molar-refractivity contribution in [3.63, 3.8) is 0 Å². The molecule has 1 saturated heterocycles. The van der Waals surface area contributed by atoms with Crippen molar-refractivity contribution in [1.29, 1.82) is 0 Å². The molecule has 32 heavy (non-hydrogen) atoms. The van der Waals surface area contributed by atoms with Gasteiger partial charge in [0.15, 0.2) is 0 Å². The Morgan fingerprint density at radius 3 is 1.97 bits per heavy atom. The zero-order chi connectivity index (χ0) is 22.6. The SMILES string of the molecule is O=C(O)c1ccccc1.O=C(OC[C@H]1C[C@H](OCc2ccccc2)CS1)c1ccccc1. The number of thioether (sulfide) groups is 1. The molecule has 1 N–H and O–H groups in total. The van der Waals surface area contributed by atoms with Crippen LogP contribution in [0.3, 0.4) is 0 Å². The van der Waals surface area contributed by atoms with E-state index >= 15 is 0 Å². The predicted molar refractivity (Wildman–Crippen MR) is 126 cm³/mol. The molecule has 1 aliphatic rings. The molecule has 4 rings (SSSR count). The quantitative estimate of drug-likeness (QED) is 0.491. The Morgan fingerprint density at radius 2 is 1.41 bits per heavy atom. The van der Waals surface area contributed by atoms with E-state index in [0.717, 1.165) is 12.2 Å². The number of rotatable bonds is 7. The molecule has 0 radical (unpaired) electrons. The highest BCUT2D eigenvalue weighted by Gasteiger charge is 2.27. The largest absolute Gasteiger partial charge is 0.478 e. The highest BCUT2D eigenvalue weighted by Crippen LogP contribution is 2.29. The minimum atomic E-state index is -0.879. The van der Waals surface area contributed by atoms with Crippen LogP contribution < -0.4 is 0 Å². The van der Waals surface area contributed by atoms with Crippen LogP contribution in [0.4, 0.5) is 0 Å². The van der Waals surface area contributed by atoms with Gasteiger partial charge in [0.25, 0.3) is 0 Å². The van der Waals surface area contributed by atoms with Gasteiger partial charge in [-0.25, -0.2) is 9.59 Å². The van der Waals surface area contributed by atoms with Gasteiger partial charge in [0.2, 0.25) is 0 Å². The van der Waals surface area contributed by atoms with Crippen LogP contribution in [0, 0.1) is 0 Å². The summed E-state index contributed by atoms with van der Waals surface area (Å²) in [6, 6.07) is 27.6. The molecule has 1 fully saturated rings. The molecule has 0 aromatic heterocycles. The number of carboxylic acid groups (broad SMARTS) is 1. The van der Waals surface area contributed by atoms with E-state index in [1.165, 1.54) is 5.56 Å². The zero-order valence-corrected chi connectivity index (χ0v) is 18.4. The van der Waals surface area contributed by atoms with Crippen molar-refractivity contribution in [2.45, 2.75) is 24.4 Å². The lowest BCUT2D eigenvalue weighted by Crippen LogP contribution is -2.17. The number of carboxylic acids is 1. The lowest BCUT2D eigenvalue weighted by Gasteiger charge is -2.12. The number of ether oxygens (including phenoxy) is 2. The van der Waals surface area contributed by atoms with Gasteiger partial charge >= 0.3 is 11.9 Å². The van der Waals surface area contributed by atoms with Crippen molar-refractivity contribution in [2.24, 2.45) is 0 Å². The molecular formula is C26H26O5S. The smallest absolute Gasteiger partial charge is 0.338 e. The Labute approximate surface area is 192 Å². The van der Waals surface area contributed by atoms with E-state index in [0.29, 0.717) is 29.6 Å². The van der Waals surface area contributed by atoms with Crippen molar-refractivity contribution < 1.29 is 24.2 Å². The Bertz CT molecular complexity index is 963. The molecule has 0 saturated carbocycles. The molecule has 3 aromatic carbocycles. The van der Waals surface area contributed by atoms with Crippen molar-refractivity contribution in [1.82, 2.24) is 0 Å². The average Bonchev–Trinajstić information content (AvgIpc) is 3.31. The number of benzene rings is 3. The van der Waals surface area contributed by atoms with Gasteiger partial charge < -0.3 is 14.6 Å². The van der Waals surface area contributed by atoms with Crippen molar-refractivity contribution in [2.75, 3.05) is 12.4 Å². The van der Waals surface area contributed by atoms with Gasteiger partial charge in [0.05, 0.1) is 23.8 Å². The Kier molecular flexibility index (Phi) is 9.35. The fraction of sp³-hybridized carbons (Fsp3) is 0.231. The van der Waals surface area contributed by atoms with Crippen LogP contribution in [-0.4, -0.2) is 40.8 Å². The predicted octanol–water partition coefficient (Wildman–Crippen LogP) is 5.32. The molecule has 0 bridgehead atoms. The molecule has 6 heteroatoms. The number of carbonyl (C=O) groups is 2. The maximum Gasteiger partial charge on any atom is 0.338 e. The lowest BCUT2D eigenvalue weighted by molar-refractivity contribution is 0.0407. The zero-order valence-electron chi connectivity index (χ0n) is 17.6. The topological polar surface area (TPSA) is 72.8 Å². The third-order valence-corrected chi connectivity index (χ3v) is 6.17. The summed E-state index contributed by atoms with van der Waals surface area (Å²) in [6.45, 7) is 1.09. The molecule has 5 nitrogen and oxygen atoms in total. The fourth-order valence-corrected chi connectivity index (χ4v) is 4.33. The summed E-state index contributed by atoms with van der Waals surface area (Å²) >= 11 is 1.82. The first-order chi connectivity index (χ1) is 15.6. The van der Waals surface area contributed by atoms with E-state index in [1.54, 1.807) is 42.5 Å². The highest BCUT2D eigenvalue weighted by molar-refractivity contribution is 8.00. The van der Waals surface area contributed by atoms with Crippen LogP contribution in [0.2, 0.25) is 0 Å². The third-order valence-electron chi connectivity index (χ3n) is 4.80. The second-order valence-corrected chi connectivity index (χ2v) is 8.58. The van der Waals surface area contributed by atoms with E-state index in [1.807, 2.05) is 48.2 Å². The summed E-state index contributed by atoms with van der Waals surface area (Å²) in [5.74, 6) is -0.170. The molecule has 2 atom stereocenters. The van der Waals surface area contributed by atoms with E-state index in [2.05, 4.69) is 12.1 Å². The Morgan fingerprint density at radius 1 is 0.844 bits per heavy atom. The molecule has 166 valence electrons. The van der Waals surface area contributed by atoms with Gasteiger partial charge in [-0.15, -0.1) is 0 Å². The second kappa shape index (κ2) is 12.7. The van der Waals surface area contributed by atoms with Crippen LogP contribution in [0.5, 0.6) is 0 Å². The number of aromatic carboxylic acids is 1. The minimum absolute atomic E-state index is 0.237. The van der Waals surface area contributed by atoms with Gasteiger partial charge in [-0.2, -0.15) is 11.8 Å². The summed E-state index contributed by atoms with van der Waals surface area (Å²) < 4.78 is 11.4. The summed E-state index contributed by atoms with van der Waals surface area (Å²) in [4.78, 5) is 22.1. The van der Waals surface area contributed by atoms with Crippen molar-refractivity contribution in [3.8, 4) is 0 Å². The number of hydrogen-bond donors (Lipinski definition) is 1. The average molecular weight is 451 g/mol. The fourth-order valence-electron chi connectivity index (χ4n) is 3.10. The molecule has 0 spiro atoms. The first-order valence-corrected chi connectivity index (χ1v) is 11.4. The van der Waals surface area contributed by atoms with Gasteiger partial charge in [0.1, 0.15) is 6.61 Å². The second-order valence-electron chi connectivity index (χ2n) is 7.25. The Hall–Kier alpha value is -3.09. The standard InChI is InChI=1S/C19H20O3S.C7H6O2/c20-19(16-9-5-2-6-10-16)22-13-18-11-17(14-23-18)21-12-15-7-3-1-4-8-15;8-7(9)6-4-2-1-3-5-6/h1-10,17-18H,11-14H2;1-5H,(H,8,9)/t17-,18+;/m0./s1. The summed E-state index contributed by atoms with van der Waals surface area (Å²) in [5, 5.41) is 8.71. The normalized spacial score (nSPS) is 17.1. The molecule has 0 aliphatic carbocycles. The molecule has 1 aliphatic heterocycles. The minimum Gasteiger partial charge on any atom is -0.478 e. The first kappa shape index (κ1) is 23.6. The molecule has 0 amide bonds. The number of esters is 1. The van der Waals surface area contributed by atoms with Crippen LogP contribution >= 0.6 is 11.8 Å². The van der Waals surface area contributed by atoms with E-state index in [-0.39, 0.29) is 12.1 Å². The summed E-state index contributed by atoms with van der Waals surface area (Å²) in [7, 11) is 0. The maximum atomic E-state index is 11.9. The van der Waals surface area contributed by atoms with Crippen molar-refractivity contribution >= 4 is 23.7 Å². The summed E-state index contributed by atoms with van der Waals surface area (Å²) in [6.07, 6.45) is 1.17. The third kappa shape index (κ3) is 7.87. The molecule has 1 heterocycles. The molecular weight excluding hydrogens is 424 g/mol. The maximum absolute atomic E-state index is 11.9. The molecule has 3 aromatic rings. The van der Waals surface area contributed by atoms with E-state index < -0.39 is 5.97 Å². The summed E-state index contributed by atoms with van der Waals surface area (Å²) in [5.41, 5.74) is 2.13. The van der Waals surface area contributed by atoms with E-state index in [4.69, 9.17) is 14.6 Å². The lowest BCUT2D eigenvalue weighted by atomic mass is 10.2. The number of hydrogen-bond acceptors (Lipinski definition) is 5. The van der Waals surface area contributed by atoms with Crippen LogP contribution in [0.15, 0.2) is 91.0 Å². The molecule has 0 unspecified atom stereocenters. The highest BCUT2D eigenvalue weighted by atomic mass is 32.2. The van der Waals surface area contributed by atoms with Gasteiger partial charge in [-0.1, -0.05) is 66.7 Å². The number of carbonyl (C=O) groups excluding carboxylic acids is 1. The van der Waals surface area contributed by atoms with Crippen LogP contribution in [0.25, 0.3) is 0 Å². The van der Waals surface area contributed by atoms with E-state index in [9.17, 15) is 9.59 Å². The van der Waals surface area contributed by atoms with Gasteiger partial charge in [-0.3, -0.25) is 0 Å². The van der Waals surface area contributed by atoms with Crippen molar-refractivity contribution in [3.05, 3.63) is 108 Å². The Balaban J connectivity index is 0.000000269. The monoisotopic (exact) mass is 450 g/mol. The van der Waals surface area contributed by atoms with Gasteiger partial charge in [0, 0.05) is 11.0 Å². The first-order valence-electron chi connectivity index (χ1n) is 10.4. The van der Waals surface area contributed by atoms with Crippen LogP contribution in [0.1, 0.15) is 32.7 Å². The van der Waals surface area contributed by atoms with Crippen LogP contribution in [-0.2, 0) is 16.1 Å².